The summed E-state index contributed by atoms with van der Waals surface area (Å²) in [5.41, 5.74) is 2.93. The van der Waals surface area contributed by atoms with Crippen molar-refractivity contribution in [1.29, 1.82) is 0 Å². The number of amides is 1. The summed E-state index contributed by atoms with van der Waals surface area (Å²) in [7, 11) is 0. The Balaban J connectivity index is 1.50. The van der Waals surface area contributed by atoms with Gasteiger partial charge in [-0.25, -0.2) is 20.1 Å². The maximum absolute atomic E-state index is 12.3. The first-order chi connectivity index (χ1) is 15.4. The third kappa shape index (κ3) is 7.49. The fourth-order valence-corrected chi connectivity index (χ4v) is 3.11. The molecule has 1 aromatic carbocycles. The third-order valence-corrected chi connectivity index (χ3v) is 5.00. The van der Waals surface area contributed by atoms with Gasteiger partial charge < -0.3 is 14.8 Å². The molecule has 0 radical (unpaired) electrons. The van der Waals surface area contributed by atoms with Gasteiger partial charge in [0.1, 0.15) is 17.6 Å². The first kappa shape index (κ1) is 24.0. The molecule has 2 heterocycles. The number of esters is 1. The minimum Gasteiger partial charge on any atom is -0.425 e. The van der Waals surface area contributed by atoms with Crippen molar-refractivity contribution in [2.75, 3.05) is 11.9 Å². The molecule has 0 spiro atoms. The van der Waals surface area contributed by atoms with Crippen LogP contribution in [0.1, 0.15) is 31.7 Å². The number of carbonyl (C=O) groups is 2. The second-order valence-corrected chi connectivity index (χ2v) is 7.90. The summed E-state index contributed by atoms with van der Waals surface area (Å²) >= 11 is 12.1. The number of hydrogen-bond acceptors (Lipinski definition) is 7. The molecular weight excluding hydrogens is 457 g/mol. The number of nitrogens with zero attached hydrogens (tertiary/aromatic N) is 1. The summed E-state index contributed by atoms with van der Waals surface area (Å²) < 4.78 is 10.7. The third-order valence-electron chi connectivity index (χ3n) is 4.46. The van der Waals surface area contributed by atoms with Gasteiger partial charge in [-0.15, -0.1) is 0 Å². The second-order valence-electron chi connectivity index (χ2n) is 7.05. The zero-order valence-electron chi connectivity index (χ0n) is 17.3. The highest BCUT2D eigenvalue weighted by Crippen LogP contribution is 2.22. The van der Waals surface area contributed by atoms with Crippen LogP contribution in [0.15, 0.2) is 42.6 Å². The van der Waals surface area contributed by atoms with Gasteiger partial charge in [-0.1, -0.05) is 23.2 Å². The van der Waals surface area contributed by atoms with Crippen LogP contribution >= 0.6 is 23.2 Å². The quantitative estimate of drug-likeness (QED) is 0.250. The summed E-state index contributed by atoms with van der Waals surface area (Å²) in [4.78, 5) is 33.6. The van der Waals surface area contributed by atoms with Gasteiger partial charge in [-0.2, -0.15) is 0 Å². The van der Waals surface area contributed by atoms with Crippen molar-refractivity contribution < 1.29 is 23.9 Å². The Labute approximate surface area is 195 Å². The SMILES string of the molecule is C[C@@H](Nc1ncc(/C=C/C(=O)NOC2CCCCO2)cc1Cl)C(=O)Oc1ccc(Cl)cc1. The van der Waals surface area contributed by atoms with E-state index in [1.54, 1.807) is 43.3 Å². The van der Waals surface area contributed by atoms with Gasteiger partial charge >= 0.3 is 5.97 Å². The summed E-state index contributed by atoms with van der Waals surface area (Å²) in [6.07, 6.45) is 6.67. The van der Waals surface area contributed by atoms with Gasteiger partial charge in [0, 0.05) is 30.3 Å². The van der Waals surface area contributed by atoms with Crippen LogP contribution < -0.4 is 15.5 Å². The molecule has 1 unspecified atom stereocenters. The Kier molecular flexibility index (Phi) is 8.87. The standard InChI is InChI=1S/C22H23Cl2N3O5/c1-14(22(29)31-17-8-6-16(23)7-9-17)26-21-18(24)12-15(13-25-21)5-10-19(28)27-32-20-4-2-3-11-30-20/h5-10,12-14,20H,2-4,11H2,1H3,(H,25,26)(H,27,28)/b10-5+/t14-,20?/m1/s1. The number of hydroxylamine groups is 1. The topological polar surface area (TPSA) is 98.8 Å². The number of benzene rings is 1. The van der Waals surface area contributed by atoms with E-state index < -0.39 is 24.2 Å². The normalized spacial score (nSPS) is 17.0. The molecule has 1 saturated heterocycles. The smallest absolute Gasteiger partial charge is 0.333 e. The summed E-state index contributed by atoms with van der Waals surface area (Å²) in [6, 6.07) is 7.36. The second kappa shape index (κ2) is 11.8. The van der Waals surface area contributed by atoms with Crippen molar-refractivity contribution in [2.24, 2.45) is 0 Å². The van der Waals surface area contributed by atoms with Crippen LogP contribution in [-0.2, 0) is 19.2 Å². The molecule has 1 fully saturated rings. The number of aromatic nitrogens is 1. The van der Waals surface area contributed by atoms with E-state index in [1.165, 1.54) is 12.3 Å². The predicted molar refractivity (Wildman–Crippen MR) is 121 cm³/mol. The average molecular weight is 480 g/mol. The number of carbonyl (C=O) groups excluding carboxylic acids is 2. The Morgan fingerprint density at radius 1 is 1.25 bits per heavy atom. The van der Waals surface area contributed by atoms with Crippen molar-refractivity contribution in [1.82, 2.24) is 10.5 Å². The highest BCUT2D eigenvalue weighted by molar-refractivity contribution is 6.33. The van der Waals surface area contributed by atoms with Crippen LogP contribution in [0, 0.1) is 0 Å². The van der Waals surface area contributed by atoms with Crippen LogP contribution in [0.25, 0.3) is 6.08 Å². The van der Waals surface area contributed by atoms with Crippen LogP contribution in [0.4, 0.5) is 5.82 Å². The van der Waals surface area contributed by atoms with Crippen molar-refractivity contribution in [2.45, 2.75) is 38.5 Å². The largest absolute Gasteiger partial charge is 0.425 e. The summed E-state index contributed by atoms with van der Waals surface area (Å²) in [6.45, 7) is 2.25. The molecule has 10 heteroatoms. The minimum atomic E-state index is -0.706. The van der Waals surface area contributed by atoms with Crippen LogP contribution in [0.2, 0.25) is 10.0 Å². The van der Waals surface area contributed by atoms with Gasteiger partial charge in [0.15, 0.2) is 6.29 Å². The highest BCUT2D eigenvalue weighted by Gasteiger charge is 2.18. The molecular formula is C22H23Cl2N3O5. The maximum atomic E-state index is 12.3. The Bertz CT molecular complexity index is 963. The number of hydrogen-bond donors (Lipinski definition) is 2. The minimum absolute atomic E-state index is 0.283. The molecule has 2 N–H and O–H groups in total. The van der Waals surface area contributed by atoms with E-state index >= 15 is 0 Å². The van der Waals surface area contributed by atoms with E-state index in [9.17, 15) is 9.59 Å². The summed E-state index contributed by atoms with van der Waals surface area (Å²) in [5, 5.41) is 3.74. The lowest BCUT2D eigenvalue weighted by atomic mass is 10.2. The Morgan fingerprint density at radius 3 is 2.72 bits per heavy atom. The predicted octanol–water partition coefficient (Wildman–Crippen LogP) is 4.38. The first-order valence-corrected chi connectivity index (χ1v) is 10.8. The molecule has 0 saturated carbocycles. The summed E-state index contributed by atoms with van der Waals surface area (Å²) in [5.74, 6) is -0.250. The highest BCUT2D eigenvalue weighted by atomic mass is 35.5. The molecule has 1 aliphatic heterocycles. The fraction of sp³-hybridized carbons (Fsp3) is 0.318. The zero-order chi connectivity index (χ0) is 22.9. The van der Waals surface area contributed by atoms with Gasteiger partial charge in [0.25, 0.3) is 5.91 Å². The Hall–Kier alpha value is -2.65. The van der Waals surface area contributed by atoms with Gasteiger partial charge in [-0.05, 0) is 61.7 Å². The maximum Gasteiger partial charge on any atom is 0.333 e. The molecule has 1 aromatic heterocycles. The molecule has 0 bridgehead atoms. The molecule has 1 amide bonds. The average Bonchev–Trinajstić information content (AvgIpc) is 2.80. The van der Waals surface area contributed by atoms with Crippen LogP contribution in [0.5, 0.6) is 5.75 Å². The number of pyridine rings is 1. The zero-order valence-corrected chi connectivity index (χ0v) is 18.9. The lowest BCUT2D eigenvalue weighted by molar-refractivity contribution is -0.198. The molecule has 1 aliphatic rings. The van der Waals surface area contributed by atoms with E-state index in [2.05, 4.69) is 15.8 Å². The Morgan fingerprint density at radius 2 is 2.03 bits per heavy atom. The van der Waals surface area contributed by atoms with Crippen molar-refractivity contribution in [3.8, 4) is 5.75 Å². The molecule has 0 aliphatic carbocycles. The first-order valence-electron chi connectivity index (χ1n) is 10.1. The number of nitrogens with one attached hydrogen (secondary N) is 2. The lowest BCUT2D eigenvalue weighted by Gasteiger charge is -2.21. The van der Waals surface area contributed by atoms with E-state index in [-0.39, 0.29) is 5.02 Å². The molecule has 2 atom stereocenters. The molecule has 2 aromatic rings. The molecule has 32 heavy (non-hydrogen) atoms. The van der Waals surface area contributed by atoms with E-state index in [1.807, 2.05) is 0 Å². The van der Waals surface area contributed by atoms with E-state index in [0.717, 1.165) is 19.3 Å². The van der Waals surface area contributed by atoms with Crippen molar-refractivity contribution in [3.05, 3.63) is 58.2 Å². The monoisotopic (exact) mass is 479 g/mol. The van der Waals surface area contributed by atoms with Gasteiger partial charge in [-0.3, -0.25) is 4.79 Å². The molecule has 170 valence electrons. The van der Waals surface area contributed by atoms with E-state index in [0.29, 0.717) is 28.8 Å². The molecule has 8 nitrogen and oxygen atoms in total. The van der Waals surface area contributed by atoms with Crippen molar-refractivity contribution >= 4 is 47.0 Å². The lowest BCUT2D eigenvalue weighted by Crippen LogP contribution is -2.32. The number of rotatable bonds is 8. The molecule has 3 rings (SSSR count). The fourth-order valence-electron chi connectivity index (χ4n) is 2.76. The number of anilines is 1. The van der Waals surface area contributed by atoms with Crippen LogP contribution in [0.3, 0.4) is 0 Å². The number of ether oxygens (including phenoxy) is 2. The van der Waals surface area contributed by atoms with Crippen LogP contribution in [-0.4, -0.2) is 35.8 Å². The van der Waals surface area contributed by atoms with Gasteiger partial charge in [0.2, 0.25) is 0 Å². The van der Waals surface area contributed by atoms with Gasteiger partial charge in [0.05, 0.1) is 5.02 Å². The van der Waals surface area contributed by atoms with Crippen molar-refractivity contribution in [3.63, 3.8) is 0 Å². The number of halogens is 2. The van der Waals surface area contributed by atoms with E-state index in [4.69, 9.17) is 37.5 Å².